The van der Waals surface area contributed by atoms with Gasteiger partial charge in [0.05, 0.1) is 11.1 Å². The Morgan fingerprint density at radius 1 is 1.07 bits per heavy atom. The van der Waals surface area contributed by atoms with E-state index < -0.39 is 66.8 Å². The SMILES string of the molecule is CC(Nc1nc(S(C)(=O)=O)nc(Cl)c1-c1c(F)cc(F)cc1F)C(F)(F)F. The first kappa shape index (κ1) is 21.2. The number of aromatic nitrogens is 2. The summed E-state index contributed by atoms with van der Waals surface area (Å²) in [5.41, 5.74) is -1.80. The van der Waals surface area contributed by atoms with Crippen LogP contribution in [0.25, 0.3) is 11.1 Å². The first-order valence-corrected chi connectivity index (χ1v) is 9.24. The van der Waals surface area contributed by atoms with Crippen molar-refractivity contribution < 1.29 is 34.8 Å². The van der Waals surface area contributed by atoms with Crippen molar-refractivity contribution in [2.75, 3.05) is 11.6 Å². The molecule has 0 amide bonds. The van der Waals surface area contributed by atoms with Crippen LogP contribution in [0.3, 0.4) is 0 Å². The number of alkyl halides is 3. The van der Waals surface area contributed by atoms with E-state index in [1.165, 1.54) is 0 Å². The molecule has 2 rings (SSSR count). The highest BCUT2D eigenvalue weighted by atomic mass is 35.5. The van der Waals surface area contributed by atoms with Crippen molar-refractivity contribution in [2.24, 2.45) is 0 Å². The van der Waals surface area contributed by atoms with Crippen molar-refractivity contribution in [3.8, 4) is 11.1 Å². The topological polar surface area (TPSA) is 72.0 Å². The third-order valence-electron chi connectivity index (χ3n) is 3.28. The lowest BCUT2D eigenvalue weighted by atomic mass is 10.1. The Kier molecular flexibility index (Phi) is 5.62. The molecule has 0 aliphatic heterocycles. The molecule has 0 saturated heterocycles. The lowest BCUT2D eigenvalue weighted by Gasteiger charge is -2.21. The van der Waals surface area contributed by atoms with E-state index in [1.807, 2.05) is 5.32 Å². The molecule has 5 nitrogen and oxygen atoms in total. The van der Waals surface area contributed by atoms with E-state index in [0.29, 0.717) is 13.2 Å². The Bertz CT molecular complexity index is 974. The Morgan fingerprint density at radius 2 is 1.59 bits per heavy atom. The molecule has 1 heterocycles. The van der Waals surface area contributed by atoms with Crippen LogP contribution in [-0.2, 0) is 9.84 Å². The molecule has 13 heteroatoms. The van der Waals surface area contributed by atoms with Crippen LogP contribution in [0.2, 0.25) is 5.15 Å². The maximum atomic E-state index is 14.1. The number of sulfone groups is 1. The highest BCUT2D eigenvalue weighted by Crippen LogP contribution is 2.38. The molecule has 1 aromatic carbocycles. The molecule has 0 aliphatic rings. The van der Waals surface area contributed by atoms with Gasteiger partial charge in [0.25, 0.3) is 0 Å². The van der Waals surface area contributed by atoms with Crippen LogP contribution < -0.4 is 5.32 Å². The summed E-state index contributed by atoms with van der Waals surface area (Å²) in [5.74, 6) is -5.15. The maximum Gasteiger partial charge on any atom is 0.408 e. The van der Waals surface area contributed by atoms with Gasteiger partial charge in [-0.1, -0.05) is 11.6 Å². The number of hydrogen-bond acceptors (Lipinski definition) is 5. The van der Waals surface area contributed by atoms with Crippen molar-refractivity contribution in [2.45, 2.75) is 24.3 Å². The zero-order valence-corrected chi connectivity index (χ0v) is 15.1. The molecule has 1 unspecified atom stereocenters. The standard InChI is InChI=1S/C14H10ClF6N3O2S/c1-5(14(19,20)21)22-12-10(9-7(17)3-6(16)4-8(9)18)11(15)23-13(24-12)27(2,25)26/h3-5H,1-2H3,(H,22,23,24). The van der Waals surface area contributed by atoms with Gasteiger partial charge in [0, 0.05) is 18.4 Å². The van der Waals surface area contributed by atoms with E-state index in [9.17, 15) is 34.8 Å². The van der Waals surface area contributed by atoms with Gasteiger partial charge >= 0.3 is 6.18 Å². The molecule has 27 heavy (non-hydrogen) atoms. The summed E-state index contributed by atoms with van der Waals surface area (Å²) >= 11 is 5.79. The number of benzene rings is 1. The molecule has 1 atom stereocenters. The van der Waals surface area contributed by atoms with Gasteiger partial charge in [0.1, 0.15) is 34.5 Å². The summed E-state index contributed by atoms with van der Waals surface area (Å²) in [7, 11) is -4.12. The predicted molar refractivity (Wildman–Crippen MR) is 84.6 cm³/mol. The first-order valence-electron chi connectivity index (χ1n) is 6.97. The number of rotatable bonds is 4. The molecule has 0 spiro atoms. The summed E-state index contributed by atoms with van der Waals surface area (Å²) in [6.07, 6.45) is -4.14. The molecule has 0 aliphatic carbocycles. The fourth-order valence-corrected chi connectivity index (χ4v) is 2.80. The number of hydrogen-bond donors (Lipinski definition) is 1. The van der Waals surface area contributed by atoms with E-state index in [2.05, 4.69) is 9.97 Å². The molecule has 0 saturated carbocycles. The van der Waals surface area contributed by atoms with E-state index >= 15 is 0 Å². The van der Waals surface area contributed by atoms with Crippen molar-refractivity contribution >= 4 is 27.3 Å². The number of nitrogens with one attached hydrogen (secondary N) is 1. The van der Waals surface area contributed by atoms with Gasteiger partial charge in [0.15, 0.2) is 0 Å². The van der Waals surface area contributed by atoms with Gasteiger partial charge in [-0.15, -0.1) is 0 Å². The number of nitrogens with zero attached hydrogens (tertiary/aromatic N) is 2. The maximum absolute atomic E-state index is 14.1. The third kappa shape index (κ3) is 4.61. The van der Waals surface area contributed by atoms with Gasteiger partial charge in [-0.3, -0.25) is 0 Å². The van der Waals surface area contributed by atoms with Crippen LogP contribution in [0.5, 0.6) is 0 Å². The van der Waals surface area contributed by atoms with Crippen LogP contribution >= 0.6 is 11.6 Å². The average molecular weight is 434 g/mol. The fraction of sp³-hybridized carbons (Fsp3) is 0.286. The van der Waals surface area contributed by atoms with Gasteiger partial charge in [-0.2, -0.15) is 13.2 Å². The predicted octanol–water partition coefficient (Wildman–Crippen LogP) is 3.98. The quantitative estimate of drug-likeness (QED) is 0.448. The molecular weight excluding hydrogens is 424 g/mol. The van der Waals surface area contributed by atoms with E-state index in [0.717, 1.165) is 0 Å². The van der Waals surface area contributed by atoms with E-state index in [-0.39, 0.29) is 12.1 Å². The normalized spacial score (nSPS) is 13.5. The molecule has 148 valence electrons. The Morgan fingerprint density at radius 3 is 2.04 bits per heavy atom. The van der Waals surface area contributed by atoms with Crippen LogP contribution in [0.4, 0.5) is 32.2 Å². The Balaban J connectivity index is 2.81. The number of anilines is 1. The minimum absolute atomic E-state index is 0.274. The molecule has 1 aromatic heterocycles. The first-order chi connectivity index (χ1) is 12.2. The van der Waals surface area contributed by atoms with Crippen LogP contribution in [0, 0.1) is 17.5 Å². The molecule has 0 fully saturated rings. The molecule has 1 N–H and O–H groups in total. The highest BCUT2D eigenvalue weighted by Gasteiger charge is 2.37. The van der Waals surface area contributed by atoms with Crippen molar-refractivity contribution in [3.63, 3.8) is 0 Å². The van der Waals surface area contributed by atoms with Crippen molar-refractivity contribution in [1.29, 1.82) is 0 Å². The lowest BCUT2D eigenvalue weighted by Crippen LogP contribution is -2.34. The molecule has 0 bridgehead atoms. The minimum Gasteiger partial charge on any atom is -0.358 e. The van der Waals surface area contributed by atoms with Gasteiger partial charge in [-0.05, 0) is 6.92 Å². The van der Waals surface area contributed by atoms with Gasteiger partial charge in [-0.25, -0.2) is 31.6 Å². The number of halogens is 7. The molecule has 0 radical (unpaired) electrons. The second-order valence-corrected chi connectivity index (χ2v) is 7.71. The second-order valence-electron chi connectivity index (χ2n) is 5.44. The van der Waals surface area contributed by atoms with Crippen LogP contribution in [0.15, 0.2) is 17.3 Å². The Hall–Kier alpha value is -2.08. The van der Waals surface area contributed by atoms with Crippen molar-refractivity contribution in [3.05, 3.63) is 34.7 Å². The van der Waals surface area contributed by atoms with Crippen LogP contribution in [0.1, 0.15) is 6.92 Å². The van der Waals surface area contributed by atoms with Crippen LogP contribution in [-0.4, -0.2) is 36.9 Å². The highest BCUT2D eigenvalue weighted by molar-refractivity contribution is 7.90. The zero-order chi connectivity index (χ0) is 20.7. The third-order valence-corrected chi connectivity index (χ3v) is 4.40. The fourth-order valence-electron chi connectivity index (χ4n) is 1.97. The zero-order valence-electron chi connectivity index (χ0n) is 13.5. The summed E-state index contributed by atoms with van der Waals surface area (Å²) < 4.78 is 103. The monoisotopic (exact) mass is 433 g/mol. The molecule has 2 aromatic rings. The summed E-state index contributed by atoms with van der Waals surface area (Å²) in [5, 5.41) is 0.0162. The second kappa shape index (κ2) is 7.15. The smallest absolute Gasteiger partial charge is 0.358 e. The van der Waals surface area contributed by atoms with E-state index in [1.54, 1.807) is 0 Å². The minimum atomic E-state index is -4.81. The Labute approximate surface area is 154 Å². The summed E-state index contributed by atoms with van der Waals surface area (Å²) in [4.78, 5) is 6.79. The van der Waals surface area contributed by atoms with Crippen molar-refractivity contribution in [1.82, 2.24) is 9.97 Å². The lowest BCUT2D eigenvalue weighted by molar-refractivity contribution is -0.138. The summed E-state index contributed by atoms with van der Waals surface area (Å²) in [6, 6.07) is -1.74. The van der Waals surface area contributed by atoms with E-state index in [4.69, 9.17) is 11.6 Å². The van der Waals surface area contributed by atoms with Gasteiger partial charge in [0.2, 0.25) is 15.0 Å². The summed E-state index contributed by atoms with van der Waals surface area (Å²) in [6.45, 7) is 0.664. The largest absolute Gasteiger partial charge is 0.408 e. The average Bonchev–Trinajstić information content (AvgIpc) is 2.46. The van der Waals surface area contributed by atoms with Gasteiger partial charge < -0.3 is 5.32 Å². The molecular formula is C14H10ClF6N3O2S.